The van der Waals surface area contributed by atoms with E-state index < -0.39 is 34.0 Å². The third kappa shape index (κ3) is 11.4. The number of thioether (sulfide) groups is 2. The maximum atomic E-state index is 13.4. The first-order valence-corrected chi connectivity index (χ1v) is 17.9. The minimum absolute atomic E-state index is 0.152. The summed E-state index contributed by atoms with van der Waals surface area (Å²) in [5.41, 5.74) is 0. The molecule has 47 heavy (non-hydrogen) atoms. The minimum Gasteiger partial charge on any atom is -0.490 e. The van der Waals surface area contributed by atoms with Gasteiger partial charge in [-0.2, -0.15) is 0 Å². The van der Waals surface area contributed by atoms with Crippen molar-refractivity contribution >= 4 is 45.3 Å². The molecule has 0 aliphatic heterocycles. The average Bonchev–Trinajstić information content (AvgIpc) is 3.11. The molecule has 4 rings (SSSR count). The van der Waals surface area contributed by atoms with Crippen LogP contribution in [-0.4, -0.2) is 57.3 Å². The van der Waals surface area contributed by atoms with E-state index >= 15 is 0 Å². The van der Waals surface area contributed by atoms with Crippen LogP contribution < -0.4 is 9.47 Å². The third-order valence-corrected chi connectivity index (χ3v) is 10.5. The molecule has 0 saturated heterocycles. The van der Waals surface area contributed by atoms with Crippen LogP contribution in [0.4, 0.5) is 0 Å². The van der Waals surface area contributed by atoms with Gasteiger partial charge in [-0.05, 0) is 72.8 Å². The first-order valence-electron chi connectivity index (χ1n) is 14.5. The lowest BCUT2D eigenvalue weighted by molar-refractivity contribution is -0.144. The van der Waals surface area contributed by atoms with E-state index in [9.17, 15) is 18.0 Å². The van der Waals surface area contributed by atoms with E-state index in [1.165, 1.54) is 23.5 Å². The quantitative estimate of drug-likeness (QED) is 0.0613. The monoisotopic (exact) mass is 690 g/mol. The van der Waals surface area contributed by atoms with Crippen LogP contribution in [0.25, 0.3) is 0 Å². The molecule has 0 fully saturated rings. The van der Waals surface area contributed by atoms with Crippen LogP contribution in [0.15, 0.2) is 154 Å². The zero-order valence-electron chi connectivity index (χ0n) is 25.4. The Labute approximate surface area is 283 Å². The highest BCUT2D eigenvalue weighted by Crippen LogP contribution is 2.28. The first kappa shape index (κ1) is 35.4. The molecule has 4 aromatic rings. The Morgan fingerprint density at radius 2 is 0.957 bits per heavy atom. The predicted molar refractivity (Wildman–Crippen MR) is 184 cm³/mol. The van der Waals surface area contributed by atoms with Crippen molar-refractivity contribution in [3.8, 4) is 11.5 Å². The highest BCUT2D eigenvalue weighted by Gasteiger charge is 2.20. The predicted octanol–water partition coefficient (Wildman–Crippen LogP) is 7.06. The molecular weight excluding hydrogens is 657 g/mol. The summed E-state index contributed by atoms with van der Waals surface area (Å²) in [5, 5.41) is 0. The van der Waals surface area contributed by atoms with Gasteiger partial charge in [0.15, 0.2) is 0 Å². The summed E-state index contributed by atoms with van der Waals surface area (Å²) in [6, 6.07) is 31.5. The molecule has 0 heterocycles. The van der Waals surface area contributed by atoms with Gasteiger partial charge in [0.1, 0.15) is 36.9 Å². The average molecular weight is 691 g/mol. The molecule has 8 nitrogen and oxygen atoms in total. The number of hydrogen-bond donors (Lipinski definition) is 0. The molecule has 0 saturated carbocycles. The van der Waals surface area contributed by atoms with Gasteiger partial charge in [-0.25, -0.2) is 18.0 Å². The highest BCUT2D eigenvalue weighted by molar-refractivity contribution is 7.99. The molecule has 2 unspecified atom stereocenters. The number of para-hydroxylation sites is 2. The lowest BCUT2D eigenvalue weighted by Gasteiger charge is -2.18. The van der Waals surface area contributed by atoms with Crippen LogP contribution in [0, 0.1) is 0 Å². The summed E-state index contributed by atoms with van der Waals surface area (Å²) in [4.78, 5) is 25.6. The lowest BCUT2D eigenvalue weighted by Crippen LogP contribution is -2.26. The second-order valence-corrected chi connectivity index (χ2v) is 14.0. The van der Waals surface area contributed by atoms with E-state index in [0.29, 0.717) is 23.0 Å². The molecule has 4 aromatic carbocycles. The summed E-state index contributed by atoms with van der Waals surface area (Å²) in [7, 11) is -3.77. The molecule has 0 radical (unpaired) electrons. The molecule has 11 heteroatoms. The Kier molecular flexibility index (Phi) is 13.6. The summed E-state index contributed by atoms with van der Waals surface area (Å²) < 4.78 is 49.1. The Morgan fingerprint density at radius 3 is 1.30 bits per heavy atom. The van der Waals surface area contributed by atoms with E-state index in [-0.39, 0.29) is 23.0 Å². The standard InChI is InChI=1S/C36H34O8S3/c1-3-35(37)43-29(23-41-27-11-7-5-8-12-27)25-45-31-15-19-33(20-16-31)47(39,40)34-21-17-32(18-22-34)46-26-30(44-36(38)4-2)24-42-28-13-9-6-10-14-28/h3-22,29-30H,1-2,23-26H2. The largest absolute Gasteiger partial charge is 0.490 e. The smallest absolute Gasteiger partial charge is 0.330 e. The van der Waals surface area contributed by atoms with Crippen LogP contribution in [-0.2, 0) is 28.9 Å². The van der Waals surface area contributed by atoms with Crippen molar-refractivity contribution in [2.75, 3.05) is 24.7 Å². The van der Waals surface area contributed by atoms with E-state index in [4.69, 9.17) is 18.9 Å². The van der Waals surface area contributed by atoms with Crippen molar-refractivity contribution in [3.05, 3.63) is 135 Å². The molecular formula is C36H34O8S3. The number of rotatable bonds is 18. The van der Waals surface area contributed by atoms with E-state index in [1.807, 2.05) is 60.7 Å². The summed E-state index contributed by atoms with van der Waals surface area (Å²) in [6.07, 6.45) is 1.10. The van der Waals surface area contributed by atoms with Crippen molar-refractivity contribution in [2.24, 2.45) is 0 Å². The van der Waals surface area contributed by atoms with Crippen molar-refractivity contribution in [3.63, 3.8) is 0 Å². The topological polar surface area (TPSA) is 105 Å². The minimum atomic E-state index is -3.77. The third-order valence-electron chi connectivity index (χ3n) is 6.40. The van der Waals surface area contributed by atoms with Crippen LogP contribution in [0.2, 0.25) is 0 Å². The Hall–Kier alpha value is -4.45. The van der Waals surface area contributed by atoms with Crippen LogP contribution in [0.1, 0.15) is 0 Å². The second kappa shape index (κ2) is 18.0. The summed E-state index contributed by atoms with van der Waals surface area (Å²) in [5.74, 6) is 1.00. The van der Waals surface area contributed by atoms with Crippen LogP contribution >= 0.6 is 23.5 Å². The fourth-order valence-corrected chi connectivity index (χ4v) is 7.02. The van der Waals surface area contributed by atoms with E-state index in [1.54, 1.807) is 48.5 Å². The number of ether oxygens (including phenoxy) is 4. The van der Waals surface area contributed by atoms with Gasteiger partial charge in [-0.15, -0.1) is 23.5 Å². The summed E-state index contributed by atoms with van der Waals surface area (Å²) >= 11 is 2.83. The molecule has 2 atom stereocenters. The van der Waals surface area contributed by atoms with Gasteiger partial charge in [-0.3, -0.25) is 0 Å². The number of sulfone groups is 1. The molecule has 0 aliphatic carbocycles. The van der Waals surface area contributed by atoms with Gasteiger partial charge >= 0.3 is 11.9 Å². The second-order valence-electron chi connectivity index (χ2n) is 9.84. The van der Waals surface area contributed by atoms with E-state index in [2.05, 4.69) is 13.2 Å². The van der Waals surface area contributed by atoms with Gasteiger partial charge in [0.05, 0.1) is 9.79 Å². The van der Waals surface area contributed by atoms with Crippen molar-refractivity contribution in [2.45, 2.75) is 31.8 Å². The van der Waals surface area contributed by atoms with Crippen LogP contribution in [0.5, 0.6) is 11.5 Å². The zero-order chi connectivity index (χ0) is 33.5. The van der Waals surface area contributed by atoms with Gasteiger partial charge in [-0.1, -0.05) is 49.6 Å². The van der Waals surface area contributed by atoms with Gasteiger partial charge in [0, 0.05) is 33.4 Å². The SMILES string of the molecule is C=CC(=O)OC(COc1ccccc1)CSc1ccc(S(=O)(=O)c2ccc(SCC(COc3ccccc3)OC(=O)C=C)cc2)cc1. The van der Waals surface area contributed by atoms with Gasteiger partial charge in [0.25, 0.3) is 0 Å². The molecule has 0 aliphatic rings. The van der Waals surface area contributed by atoms with Crippen molar-refractivity contribution in [1.82, 2.24) is 0 Å². The molecule has 0 spiro atoms. The molecule has 0 N–H and O–H groups in total. The molecule has 0 amide bonds. The Bertz CT molecular complexity index is 1590. The number of esters is 2. The molecule has 0 bridgehead atoms. The lowest BCUT2D eigenvalue weighted by atomic mass is 10.3. The first-order chi connectivity index (χ1) is 22.8. The highest BCUT2D eigenvalue weighted by atomic mass is 32.2. The normalized spacial score (nSPS) is 12.3. The number of carbonyl (C=O) groups is 2. The van der Waals surface area contributed by atoms with E-state index in [0.717, 1.165) is 21.9 Å². The fourth-order valence-electron chi connectivity index (χ4n) is 4.01. The Balaban J connectivity index is 1.33. The van der Waals surface area contributed by atoms with Crippen molar-refractivity contribution in [1.29, 1.82) is 0 Å². The molecule has 0 aromatic heterocycles. The molecule has 244 valence electrons. The summed E-state index contributed by atoms with van der Waals surface area (Å²) in [6.45, 7) is 7.21. The fraction of sp³-hybridized carbons (Fsp3) is 0.167. The Morgan fingerprint density at radius 1 is 0.596 bits per heavy atom. The van der Waals surface area contributed by atoms with Crippen molar-refractivity contribution < 1.29 is 37.0 Å². The van der Waals surface area contributed by atoms with Gasteiger partial charge < -0.3 is 18.9 Å². The maximum Gasteiger partial charge on any atom is 0.330 e. The zero-order valence-corrected chi connectivity index (χ0v) is 27.9. The maximum absolute atomic E-state index is 13.4. The number of carbonyl (C=O) groups excluding carboxylic acids is 2. The van der Waals surface area contributed by atoms with Gasteiger partial charge in [0.2, 0.25) is 9.84 Å². The number of hydrogen-bond acceptors (Lipinski definition) is 10. The number of benzene rings is 4. The van der Waals surface area contributed by atoms with Crippen LogP contribution in [0.3, 0.4) is 0 Å².